The first-order valence-corrected chi connectivity index (χ1v) is 11.9. The van der Waals surface area contributed by atoms with Gasteiger partial charge in [0.1, 0.15) is 0 Å². The number of hydrogen-bond acceptors (Lipinski definition) is 5. The summed E-state index contributed by atoms with van der Waals surface area (Å²) in [5, 5.41) is 3.42. The number of ether oxygens (including phenoxy) is 1. The number of anilines is 3. The Bertz CT molecular complexity index is 925. The van der Waals surface area contributed by atoms with Crippen LogP contribution in [0.15, 0.2) is 48.5 Å². The minimum Gasteiger partial charge on any atom is -0.381 e. The van der Waals surface area contributed by atoms with Crippen molar-refractivity contribution in [2.45, 2.75) is 58.1 Å². The zero-order chi connectivity index (χ0) is 21.9. The van der Waals surface area contributed by atoms with Crippen LogP contribution in [0.25, 0.3) is 0 Å². The summed E-state index contributed by atoms with van der Waals surface area (Å²) in [7, 11) is -3.42. The van der Waals surface area contributed by atoms with E-state index in [4.69, 9.17) is 4.74 Å². The first-order valence-electron chi connectivity index (χ1n) is 10.4. The van der Waals surface area contributed by atoms with Crippen molar-refractivity contribution in [1.82, 2.24) is 0 Å². The van der Waals surface area contributed by atoms with Gasteiger partial charge in [0.25, 0.3) is 0 Å². The van der Waals surface area contributed by atoms with Crippen LogP contribution in [0.2, 0.25) is 0 Å². The molecule has 2 aromatic rings. The highest BCUT2D eigenvalue weighted by molar-refractivity contribution is 7.94. The summed E-state index contributed by atoms with van der Waals surface area (Å²) in [5.74, 6) is 0. The number of benzene rings is 2. The van der Waals surface area contributed by atoms with Crippen LogP contribution in [0, 0.1) is 0 Å². The number of nitrogens with one attached hydrogen (secondary N) is 2. The molecule has 0 saturated carbocycles. The van der Waals surface area contributed by atoms with Gasteiger partial charge in [-0.3, -0.25) is 4.72 Å². The van der Waals surface area contributed by atoms with Crippen molar-refractivity contribution < 1.29 is 13.2 Å². The van der Waals surface area contributed by atoms with Gasteiger partial charge in [-0.05, 0) is 76.6 Å². The number of morpholine rings is 1. The van der Waals surface area contributed by atoms with Gasteiger partial charge >= 0.3 is 0 Å². The highest BCUT2D eigenvalue weighted by Crippen LogP contribution is 2.23. The fraction of sp³-hybridized carbons (Fsp3) is 0.478. The smallest absolute Gasteiger partial charge is 0.237 e. The molecule has 0 amide bonds. The summed E-state index contributed by atoms with van der Waals surface area (Å²) in [6.07, 6.45) is 0.477. The molecule has 0 radical (unpaired) electrons. The highest BCUT2D eigenvalue weighted by Gasteiger charge is 2.28. The zero-order valence-electron chi connectivity index (χ0n) is 18.5. The molecule has 7 heteroatoms. The topological polar surface area (TPSA) is 70.7 Å². The van der Waals surface area contributed by atoms with Crippen molar-refractivity contribution in [3.63, 3.8) is 0 Å². The molecule has 1 saturated heterocycles. The maximum atomic E-state index is 12.3. The molecule has 3 rings (SSSR count). The standard InChI is InChI=1S/C23H33N3O3S/c1-17-15-26(16-18(2)29-17)22-12-10-20(11-13-22)24-14-19-6-8-21(9-7-19)25-30(27,28)23(3,4)5/h6-13,17-18,24-25H,14-16H2,1-5H3. The maximum Gasteiger partial charge on any atom is 0.237 e. The monoisotopic (exact) mass is 431 g/mol. The molecule has 2 unspecified atom stereocenters. The molecule has 1 heterocycles. The largest absolute Gasteiger partial charge is 0.381 e. The van der Waals surface area contributed by atoms with E-state index in [0.29, 0.717) is 12.2 Å². The Morgan fingerprint density at radius 1 is 0.933 bits per heavy atom. The summed E-state index contributed by atoms with van der Waals surface area (Å²) in [4.78, 5) is 2.36. The molecule has 0 aromatic heterocycles. The summed E-state index contributed by atoms with van der Waals surface area (Å²) in [6, 6.07) is 15.9. The maximum absolute atomic E-state index is 12.3. The van der Waals surface area contributed by atoms with Gasteiger partial charge in [0.05, 0.1) is 17.0 Å². The van der Waals surface area contributed by atoms with Gasteiger partial charge in [-0.2, -0.15) is 0 Å². The average molecular weight is 432 g/mol. The van der Waals surface area contributed by atoms with Gasteiger partial charge in [-0.25, -0.2) is 8.42 Å². The van der Waals surface area contributed by atoms with E-state index >= 15 is 0 Å². The fourth-order valence-electron chi connectivity index (χ4n) is 3.38. The Hall–Kier alpha value is -2.25. The first-order chi connectivity index (χ1) is 14.0. The third-order valence-electron chi connectivity index (χ3n) is 5.16. The first kappa shape index (κ1) is 22.4. The predicted octanol–water partition coefficient (Wildman–Crippen LogP) is 4.45. The Kier molecular flexibility index (Phi) is 6.62. The number of rotatable bonds is 6. The van der Waals surface area contributed by atoms with E-state index in [9.17, 15) is 8.42 Å². The van der Waals surface area contributed by atoms with E-state index in [2.05, 4.69) is 53.1 Å². The molecular formula is C23H33N3O3S. The quantitative estimate of drug-likeness (QED) is 0.707. The fourth-order valence-corrected chi connectivity index (χ4v) is 4.13. The second-order valence-electron chi connectivity index (χ2n) is 8.98. The molecular weight excluding hydrogens is 398 g/mol. The number of nitrogens with zero attached hydrogens (tertiary/aromatic N) is 1. The van der Waals surface area contributed by atoms with Crippen LogP contribution in [0.1, 0.15) is 40.2 Å². The normalized spacial score (nSPS) is 20.1. The lowest BCUT2D eigenvalue weighted by Crippen LogP contribution is -2.45. The molecule has 0 bridgehead atoms. The summed E-state index contributed by atoms with van der Waals surface area (Å²) in [6.45, 7) is 11.7. The Morgan fingerprint density at radius 3 is 2.00 bits per heavy atom. The summed E-state index contributed by atoms with van der Waals surface area (Å²) >= 11 is 0. The van der Waals surface area contributed by atoms with E-state index < -0.39 is 14.8 Å². The molecule has 1 aliphatic rings. The second kappa shape index (κ2) is 8.86. The Labute approximate surface area is 180 Å². The molecule has 0 spiro atoms. The van der Waals surface area contributed by atoms with Crippen LogP contribution in [0.4, 0.5) is 17.1 Å². The van der Waals surface area contributed by atoms with Crippen molar-refractivity contribution in [2.24, 2.45) is 0 Å². The van der Waals surface area contributed by atoms with Crippen LogP contribution < -0.4 is 14.9 Å². The molecule has 0 aliphatic carbocycles. The van der Waals surface area contributed by atoms with Crippen LogP contribution in [-0.4, -0.2) is 38.5 Å². The van der Waals surface area contributed by atoms with Crippen LogP contribution in [-0.2, 0) is 21.3 Å². The second-order valence-corrected chi connectivity index (χ2v) is 11.4. The van der Waals surface area contributed by atoms with E-state index in [1.165, 1.54) is 5.69 Å². The molecule has 2 N–H and O–H groups in total. The number of hydrogen-bond donors (Lipinski definition) is 2. The molecule has 164 valence electrons. The van der Waals surface area contributed by atoms with Gasteiger partial charge in [0.2, 0.25) is 10.0 Å². The van der Waals surface area contributed by atoms with E-state index in [-0.39, 0.29) is 12.2 Å². The van der Waals surface area contributed by atoms with Crippen molar-refractivity contribution in [1.29, 1.82) is 0 Å². The van der Waals surface area contributed by atoms with Gasteiger partial charge < -0.3 is 15.0 Å². The third kappa shape index (κ3) is 5.67. The molecule has 2 aromatic carbocycles. The van der Waals surface area contributed by atoms with Crippen LogP contribution >= 0.6 is 0 Å². The zero-order valence-corrected chi connectivity index (χ0v) is 19.3. The minimum absolute atomic E-state index is 0.238. The third-order valence-corrected chi connectivity index (χ3v) is 7.28. The Balaban J connectivity index is 1.56. The van der Waals surface area contributed by atoms with Crippen molar-refractivity contribution in [3.05, 3.63) is 54.1 Å². The minimum atomic E-state index is -3.42. The summed E-state index contributed by atoms with van der Waals surface area (Å²) < 4.78 is 32.1. The van der Waals surface area contributed by atoms with E-state index in [0.717, 1.165) is 24.3 Å². The molecule has 1 aliphatic heterocycles. The van der Waals surface area contributed by atoms with Crippen molar-refractivity contribution in [2.75, 3.05) is 28.0 Å². The van der Waals surface area contributed by atoms with E-state index in [1.807, 2.05) is 12.1 Å². The van der Waals surface area contributed by atoms with Gasteiger partial charge in [0.15, 0.2) is 0 Å². The van der Waals surface area contributed by atoms with E-state index in [1.54, 1.807) is 32.9 Å². The van der Waals surface area contributed by atoms with Crippen molar-refractivity contribution >= 4 is 27.1 Å². The lowest BCUT2D eigenvalue weighted by atomic mass is 10.1. The number of sulfonamides is 1. The molecule has 1 fully saturated rings. The van der Waals surface area contributed by atoms with Gasteiger partial charge in [0, 0.05) is 36.7 Å². The van der Waals surface area contributed by atoms with Gasteiger partial charge in [-0.1, -0.05) is 12.1 Å². The van der Waals surface area contributed by atoms with Crippen molar-refractivity contribution in [3.8, 4) is 0 Å². The molecule has 30 heavy (non-hydrogen) atoms. The Morgan fingerprint density at radius 2 is 1.47 bits per heavy atom. The van der Waals surface area contributed by atoms with Crippen LogP contribution in [0.5, 0.6) is 0 Å². The highest BCUT2D eigenvalue weighted by atomic mass is 32.2. The predicted molar refractivity (Wildman–Crippen MR) is 125 cm³/mol. The summed E-state index contributed by atoms with van der Waals surface area (Å²) in [5.41, 5.74) is 3.91. The lowest BCUT2D eigenvalue weighted by Gasteiger charge is -2.36. The SMILES string of the molecule is CC1CN(c2ccc(NCc3ccc(NS(=O)(=O)C(C)(C)C)cc3)cc2)CC(C)O1. The molecule has 2 atom stereocenters. The van der Waals surface area contributed by atoms with Gasteiger partial charge in [-0.15, -0.1) is 0 Å². The average Bonchev–Trinajstić information content (AvgIpc) is 2.66. The van der Waals surface area contributed by atoms with Crippen LogP contribution in [0.3, 0.4) is 0 Å². The molecule has 6 nitrogen and oxygen atoms in total. The lowest BCUT2D eigenvalue weighted by molar-refractivity contribution is -0.00521.